The highest BCUT2D eigenvalue weighted by Gasteiger charge is 2.25. The highest BCUT2D eigenvalue weighted by molar-refractivity contribution is 5.67. The molecule has 1 saturated carbocycles. The minimum absolute atomic E-state index is 0.174. The van der Waals surface area contributed by atoms with E-state index in [9.17, 15) is 4.79 Å². The summed E-state index contributed by atoms with van der Waals surface area (Å²) in [6.07, 6.45) is 4.53. The molecule has 1 rings (SSSR count). The Kier molecular flexibility index (Phi) is 4.23. The van der Waals surface area contributed by atoms with Crippen molar-refractivity contribution in [1.82, 2.24) is 4.90 Å². The van der Waals surface area contributed by atoms with Crippen LogP contribution in [0.15, 0.2) is 0 Å². The molecule has 0 aromatic carbocycles. The zero-order valence-corrected chi connectivity index (χ0v) is 9.45. The average Bonchev–Trinajstić information content (AvgIpc) is 2.18. The molecule has 0 unspecified atom stereocenters. The van der Waals surface area contributed by atoms with Gasteiger partial charge in [-0.1, -0.05) is 6.92 Å². The number of ether oxygens (including phenoxy) is 1. The summed E-state index contributed by atoms with van der Waals surface area (Å²) in [6.45, 7) is 4.58. The van der Waals surface area contributed by atoms with Crippen LogP contribution in [0.25, 0.3) is 0 Å². The molecule has 0 aliphatic heterocycles. The predicted molar refractivity (Wildman–Crippen MR) is 56.2 cm³/mol. The van der Waals surface area contributed by atoms with E-state index in [2.05, 4.69) is 6.92 Å². The molecule has 0 aromatic heterocycles. The van der Waals surface area contributed by atoms with Gasteiger partial charge in [0.15, 0.2) is 0 Å². The molecule has 0 spiro atoms. The van der Waals surface area contributed by atoms with Crippen molar-refractivity contribution in [2.45, 2.75) is 45.6 Å². The van der Waals surface area contributed by atoms with E-state index in [0.29, 0.717) is 12.6 Å². The molecule has 1 aliphatic carbocycles. The van der Waals surface area contributed by atoms with Gasteiger partial charge >= 0.3 is 6.09 Å². The van der Waals surface area contributed by atoms with Crippen LogP contribution in [0.4, 0.5) is 4.79 Å². The van der Waals surface area contributed by atoms with Crippen molar-refractivity contribution in [2.75, 3.05) is 13.7 Å². The lowest BCUT2D eigenvalue weighted by molar-refractivity contribution is 0.0892. The third-order valence-corrected chi connectivity index (χ3v) is 3.09. The van der Waals surface area contributed by atoms with Crippen molar-refractivity contribution in [3.8, 4) is 0 Å². The summed E-state index contributed by atoms with van der Waals surface area (Å²) in [6, 6.07) is 0.394. The second-order valence-corrected chi connectivity index (χ2v) is 4.22. The van der Waals surface area contributed by atoms with Gasteiger partial charge in [-0.15, -0.1) is 0 Å². The van der Waals surface area contributed by atoms with Gasteiger partial charge in [0.2, 0.25) is 0 Å². The first-order valence-electron chi connectivity index (χ1n) is 5.54. The zero-order chi connectivity index (χ0) is 10.6. The molecule has 0 N–H and O–H groups in total. The highest BCUT2D eigenvalue weighted by atomic mass is 16.6. The van der Waals surface area contributed by atoms with E-state index in [0.717, 1.165) is 18.8 Å². The molecule has 3 heteroatoms. The number of nitrogens with zero attached hydrogens (tertiary/aromatic N) is 1. The van der Waals surface area contributed by atoms with Crippen molar-refractivity contribution >= 4 is 6.09 Å². The first-order valence-corrected chi connectivity index (χ1v) is 5.54. The van der Waals surface area contributed by atoms with Gasteiger partial charge < -0.3 is 9.64 Å². The van der Waals surface area contributed by atoms with Gasteiger partial charge in [0.25, 0.3) is 0 Å². The minimum atomic E-state index is -0.174. The van der Waals surface area contributed by atoms with Crippen molar-refractivity contribution in [3.63, 3.8) is 0 Å². The van der Waals surface area contributed by atoms with Gasteiger partial charge in [-0.25, -0.2) is 4.79 Å². The van der Waals surface area contributed by atoms with Gasteiger partial charge in [-0.05, 0) is 38.5 Å². The molecular weight excluding hydrogens is 178 g/mol. The Balaban J connectivity index is 2.37. The Labute approximate surface area is 86.4 Å². The maximum Gasteiger partial charge on any atom is 0.409 e. The van der Waals surface area contributed by atoms with E-state index in [1.165, 1.54) is 12.8 Å². The van der Waals surface area contributed by atoms with E-state index in [1.807, 2.05) is 14.0 Å². The predicted octanol–water partition coefficient (Wildman–Crippen LogP) is 2.65. The Bertz CT molecular complexity index is 186. The topological polar surface area (TPSA) is 29.5 Å². The van der Waals surface area contributed by atoms with Gasteiger partial charge in [0.1, 0.15) is 0 Å². The second kappa shape index (κ2) is 5.23. The third-order valence-electron chi connectivity index (χ3n) is 3.09. The number of hydrogen-bond acceptors (Lipinski definition) is 2. The maximum absolute atomic E-state index is 11.4. The molecule has 82 valence electrons. The standard InChI is InChI=1S/C11H21NO2/c1-4-14-11(13)12(3)10-7-5-9(2)6-8-10/h9-10H,4-8H2,1-3H3. The lowest BCUT2D eigenvalue weighted by Gasteiger charge is -2.32. The van der Waals surface area contributed by atoms with Crippen LogP contribution < -0.4 is 0 Å². The van der Waals surface area contributed by atoms with Crippen LogP contribution in [0.1, 0.15) is 39.5 Å². The van der Waals surface area contributed by atoms with Crippen molar-refractivity contribution < 1.29 is 9.53 Å². The molecule has 1 aliphatic rings. The fourth-order valence-electron chi connectivity index (χ4n) is 2.00. The SMILES string of the molecule is CCOC(=O)N(C)C1CCC(C)CC1. The number of carbonyl (C=O) groups excluding carboxylic acids is 1. The Morgan fingerprint density at radius 1 is 1.36 bits per heavy atom. The summed E-state index contributed by atoms with van der Waals surface area (Å²) >= 11 is 0. The second-order valence-electron chi connectivity index (χ2n) is 4.22. The largest absolute Gasteiger partial charge is 0.450 e. The van der Waals surface area contributed by atoms with Crippen LogP contribution in [0.3, 0.4) is 0 Å². The third kappa shape index (κ3) is 2.89. The first kappa shape index (κ1) is 11.3. The Morgan fingerprint density at radius 3 is 2.43 bits per heavy atom. The number of carbonyl (C=O) groups is 1. The van der Waals surface area contributed by atoms with E-state index in [4.69, 9.17) is 4.74 Å². The molecule has 0 heterocycles. The fraction of sp³-hybridized carbons (Fsp3) is 0.909. The molecule has 0 radical (unpaired) electrons. The van der Waals surface area contributed by atoms with Crippen molar-refractivity contribution in [2.24, 2.45) is 5.92 Å². The van der Waals surface area contributed by atoms with Crippen molar-refractivity contribution in [1.29, 1.82) is 0 Å². The lowest BCUT2D eigenvalue weighted by atomic mass is 9.87. The van der Waals surface area contributed by atoms with Crippen LogP contribution in [0, 0.1) is 5.92 Å². The summed E-state index contributed by atoms with van der Waals surface area (Å²) in [7, 11) is 1.85. The van der Waals surface area contributed by atoms with Crippen LogP contribution in [0.2, 0.25) is 0 Å². The van der Waals surface area contributed by atoms with E-state index < -0.39 is 0 Å². The van der Waals surface area contributed by atoms with Crippen LogP contribution >= 0.6 is 0 Å². The van der Waals surface area contributed by atoms with Crippen LogP contribution in [0.5, 0.6) is 0 Å². The van der Waals surface area contributed by atoms with E-state index in [-0.39, 0.29) is 6.09 Å². The average molecular weight is 199 g/mol. The monoisotopic (exact) mass is 199 g/mol. The molecule has 0 saturated heterocycles. The number of hydrogen-bond donors (Lipinski definition) is 0. The van der Waals surface area contributed by atoms with Gasteiger partial charge in [0, 0.05) is 13.1 Å². The van der Waals surface area contributed by atoms with E-state index in [1.54, 1.807) is 4.90 Å². The zero-order valence-electron chi connectivity index (χ0n) is 9.45. The smallest absolute Gasteiger partial charge is 0.409 e. The van der Waals surface area contributed by atoms with Gasteiger partial charge in [-0.2, -0.15) is 0 Å². The first-order chi connectivity index (χ1) is 6.65. The summed E-state index contributed by atoms with van der Waals surface area (Å²) in [5.74, 6) is 0.821. The van der Waals surface area contributed by atoms with E-state index >= 15 is 0 Å². The normalized spacial score (nSPS) is 27.1. The summed E-state index contributed by atoms with van der Waals surface area (Å²) in [5, 5.41) is 0. The molecule has 1 fully saturated rings. The Morgan fingerprint density at radius 2 is 1.93 bits per heavy atom. The quantitative estimate of drug-likeness (QED) is 0.684. The number of amides is 1. The highest BCUT2D eigenvalue weighted by Crippen LogP contribution is 2.26. The molecule has 14 heavy (non-hydrogen) atoms. The summed E-state index contributed by atoms with van der Waals surface area (Å²) in [4.78, 5) is 13.2. The molecule has 0 bridgehead atoms. The van der Waals surface area contributed by atoms with Crippen LogP contribution in [-0.2, 0) is 4.74 Å². The Hall–Kier alpha value is -0.730. The lowest BCUT2D eigenvalue weighted by Crippen LogP contribution is -2.39. The summed E-state index contributed by atoms with van der Waals surface area (Å²) < 4.78 is 4.97. The van der Waals surface area contributed by atoms with Gasteiger partial charge in [0.05, 0.1) is 6.61 Å². The van der Waals surface area contributed by atoms with Crippen LogP contribution in [-0.4, -0.2) is 30.7 Å². The molecule has 1 amide bonds. The molecule has 3 nitrogen and oxygen atoms in total. The molecule has 0 atom stereocenters. The fourth-order valence-corrected chi connectivity index (χ4v) is 2.00. The molecular formula is C11H21NO2. The molecule has 0 aromatic rings. The maximum atomic E-state index is 11.4. The summed E-state index contributed by atoms with van der Waals surface area (Å²) in [5.41, 5.74) is 0. The van der Waals surface area contributed by atoms with Crippen molar-refractivity contribution in [3.05, 3.63) is 0 Å². The van der Waals surface area contributed by atoms with Gasteiger partial charge in [-0.3, -0.25) is 0 Å². The number of rotatable bonds is 2. The minimum Gasteiger partial charge on any atom is -0.450 e.